The molecule has 0 radical (unpaired) electrons. The lowest BCUT2D eigenvalue weighted by molar-refractivity contribution is -0.121. The molecule has 0 bridgehead atoms. The van der Waals surface area contributed by atoms with Crippen LogP contribution in [0.3, 0.4) is 0 Å². The van der Waals surface area contributed by atoms with Gasteiger partial charge in [-0.1, -0.05) is 12.1 Å². The zero-order valence-electron chi connectivity index (χ0n) is 13.0. The predicted octanol–water partition coefficient (Wildman–Crippen LogP) is 2.76. The SMILES string of the molecule is Cc1cccc(OCCCC(=O)NC[C@@H]2CCCO2)c1C. The summed E-state index contributed by atoms with van der Waals surface area (Å²) in [7, 11) is 0. The number of ether oxygens (including phenoxy) is 2. The van der Waals surface area contributed by atoms with Crippen LogP contribution in [0.15, 0.2) is 18.2 Å². The van der Waals surface area contributed by atoms with E-state index in [1.807, 2.05) is 12.1 Å². The van der Waals surface area contributed by atoms with Crippen LogP contribution in [-0.2, 0) is 9.53 Å². The Labute approximate surface area is 126 Å². The van der Waals surface area contributed by atoms with E-state index in [4.69, 9.17) is 9.47 Å². The summed E-state index contributed by atoms with van der Waals surface area (Å²) < 4.78 is 11.2. The van der Waals surface area contributed by atoms with Gasteiger partial charge in [-0.05, 0) is 50.3 Å². The van der Waals surface area contributed by atoms with Crippen molar-refractivity contribution in [2.24, 2.45) is 0 Å². The van der Waals surface area contributed by atoms with Crippen molar-refractivity contribution in [3.63, 3.8) is 0 Å². The smallest absolute Gasteiger partial charge is 0.220 e. The first-order chi connectivity index (χ1) is 10.2. The van der Waals surface area contributed by atoms with Gasteiger partial charge in [-0.2, -0.15) is 0 Å². The minimum atomic E-state index is 0.0788. The monoisotopic (exact) mass is 291 g/mol. The van der Waals surface area contributed by atoms with E-state index in [1.54, 1.807) is 0 Å². The van der Waals surface area contributed by atoms with Crippen molar-refractivity contribution < 1.29 is 14.3 Å². The third-order valence-corrected chi connectivity index (χ3v) is 3.91. The lowest BCUT2D eigenvalue weighted by Gasteiger charge is -2.12. The standard InChI is InChI=1S/C17H25NO3/c1-13-6-3-8-16(14(13)2)21-11-5-9-17(19)18-12-15-7-4-10-20-15/h3,6,8,15H,4-5,7,9-12H2,1-2H3,(H,18,19)/t15-/m0/s1. The van der Waals surface area contributed by atoms with E-state index in [0.29, 0.717) is 19.6 Å². The summed E-state index contributed by atoms with van der Waals surface area (Å²) in [5, 5.41) is 2.92. The van der Waals surface area contributed by atoms with Crippen LogP contribution in [0.25, 0.3) is 0 Å². The highest BCUT2D eigenvalue weighted by Crippen LogP contribution is 2.20. The highest BCUT2D eigenvalue weighted by atomic mass is 16.5. The summed E-state index contributed by atoms with van der Waals surface area (Å²) in [5.74, 6) is 0.991. The molecule has 0 unspecified atom stereocenters. The van der Waals surface area contributed by atoms with Crippen LogP contribution in [0.4, 0.5) is 0 Å². The predicted molar refractivity (Wildman–Crippen MR) is 82.6 cm³/mol. The summed E-state index contributed by atoms with van der Waals surface area (Å²) in [4.78, 5) is 11.7. The minimum absolute atomic E-state index is 0.0788. The molecule has 0 spiro atoms. The number of amides is 1. The Morgan fingerprint density at radius 3 is 3.05 bits per heavy atom. The molecule has 0 saturated carbocycles. The molecule has 1 aromatic carbocycles. The van der Waals surface area contributed by atoms with Crippen LogP contribution < -0.4 is 10.1 Å². The second-order valence-electron chi connectivity index (χ2n) is 5.59. The lowest BCUT2D eigenvalue weighted by atomic mass is 10.1. The van der Waals surface area contributed by atoms with Gasteiger partial charge in [-0.15, -0.1) is 0 Å². The molecular weight excluding hydrogens is 266 g/mol. The maximum Gasteiger partial charge on any atom is 0.220 e. The van der Waals surface area contributed by atoms with Gasteiger partial charge in [0.1, 0.15) is 5.75 Å². The first kappa shape index (κ1) is 15.8. The van der Waals surface area contributed by atoms with Crippen molar-refractivity contribution in [3.05, 3.63) is 29.3 Å². The molecule has 1 aliphatic rings. The summed E-state index contributed by atoms with van der Waals surface area (Å²) in [6, 6.07) is 6.03. The second-order valence-corrected chi connectivity index (χ2v) is 5.59. The van der Waals surface area contributed by atoms with Gasteiger partial charge in [-0.3, -0.25) is 4.79 Å². The topological polar surface area (TPSA) is 47.6 Å². The average molecular weight is 291 g/mol. The van der Waals surface area contributed by atoms with Gasteiger partial charge in [0.25, 0.3) is 0 Å². The molecule has 1 fully saturated rings. The van der Waals surface area contributed by atoms with Gasteiger partial charge in [0.2, 0.25) is 5.91 Å². The summed E-state index contributed by atoms with van der Waals surface area (Å²) in [5.41, 5.74) is 2.39. The van der Waals surface area contributed by atoms with Crippen molar-refractivity contribution >= 4 is 5.91 Å². The van der Waals surface area contributed by atoms with E-state index in [1.165, 1.54) is 11.1 Å². The Kier molecular flexibility index (Phi) is 6.05. The highest BCUT2D eigenvalue weighted by Gasteiger charge is 2.15. The molecule has 21 heavy (non-hydrogen) atoms. The van der Waals surface area contributed by atoms with Crippen molar-refractivity contribution in [1.29, 1.82) is 0 Å². The van der Waals surface area contributed by atoms with E-state index >= 15 is 0 Å². The number of rotatable bonds is 7. The van der Waals surface area contributed by atoms with Gasteiger partial charge in [0.05, 0.1) is 12.7 Å². The van der Waals surface area contributed by atoms with Gasteiger partial charge < -0.3 is 14.8 Å². The van der Waals surface area contributed by atoms with Crippen LogP contribution in [-0.4, -0.2) is 31.8 Å². The molecule has 116 valence electrons. The van der Waals surface area contributed by atoms with E-state index in [0.717, 1.165) is 31.6 Å². The Hall–Kier alpha value is -1.55. The fraction of sp³-hybridized carbons (Fsp3) is 0.588. The number of benzene rings is 1. The Morgan fingerprint density at radius 1 is 1.43 bits per heavy atom. The molecule has 0 aliphatic carbocycles. The molecule has 1 aromatic rings. The van der Waals surface area contributed by atoms with Crippen LogP contribution in [0.5, 0.6) is 5.75 Å². The zero-order valence-corrected chi connectivity index (χ0v) is 13.0. The second kappa shape index (κ2) is 8.03. The summed E-state index contributed by atoms with van der Waals surface area (Å²) >= 11 is 0. The molecular formula is C17H25NO3. The van der Waals surface area contributed by atoms with Gasteiger partial charge >= 0.3 is 0 Å². The Morgan fingerprint density at radius 2 is 2.29 bits per heavy atom. The number of hydrogen-bond donors (Lipinski definition) is 1. The van der Waals surface area contributed by atoms with Crippen molar-refractivity contribution in [2.75, 3.05) is 19.8 Å². The maximum atomic E-state index is 11.7. The number of carbonyl (C=O) groups is 1. The van der Waals surface area contributed by atoms with E-state index in [-0.39, 0.29) is 12.0 Å². The van der Waals surface area contributed by atoms with E-state index in [9.17, 15) is 4.79 Å². The van der Waals surface area contributed by atoms with Crippen LogP contribution in [0.1, 0.15) is 36.8 Å². The minimum Gasteiger partial charge on any atom is -0.493 e. The normalized spacial score (nSPS) is 17.7. The molecule has 2 rings (SSSR count). The molecule has 4 heteroatoms. The summed E-state index contributed by atoms with van der Waals surface area (Å²) in [6.45, 7) is 6.15. The number of aryl methyl sites for hydroxylation is 1. The third kappa shape index (κ3) is 5.05. The van der Waals surface area contributed by atoms with E-state index in [2.05, 4.69) is 25.2 Å². The molecule has 1 N–H and O–H groups in total. The highest BCUT2D eigenvalue weighted by molar-refractivity contribution is 5.75. The quantitative estimate of drug-likeness (QED) is 0.786. The molecule has 4 nitrogen and oxygen atoms in total. The lowest BCUT2D eigenvalue weighted by Crippen LogP contribution is -2.31. The van der Waals surface area contributed by atoms with Crippen molar-refractivity contribution in [2.45, 2.75) is 45.6 Å². The first-order valence-corrected chi connectivity index (χ1v) is 7.74. The Balaban J connectivity index is 1.60. The summed E-state index contributed by atoms with van der Waals surface area (Å²) in [6.07, 6.45) is 3.59. The zero-order chi connectivity index (χ0) is 15.1. The first-order valence-electron chi connectivity index (χ1n) is 7.74. The number of hydrogen-bond acceptors (Lipinski definition) is 3. The molecule has 1 amide bonds. The largest absolute Gasteiger partial charge is 0.493 e. The fourth-order valence-electron chi connectivity index (χ4n) is 2.42. The van der Waals surface area contributed by atoms with Crippen LogP contribution in [0.2, 0.25) is 0 Å². The third-order valence-electron chi connectivity index (χ3n) is 3.91. The maximum absolute atomic E-state index is 11.7. The van der Waals surface area contributed by atoms with Crippen LogP contribution in [0, 0.1) is 13.8 Å². The molecule has 1 aliphatic heterocycles. The average Bonchev–Trinajstić information content (AvgIpc) is 2.99. The Bertz CT molecular complexity index is 467. The van der Waals surface area contributed by atoms with Gasteiger partial charge in [0, 0.05) is 19.6 Å². The molecule has 1 heterocycles. The fourth-order valence-corrected chi connectivity index (χ4v) is 2.42. The van der Waals surface area contributed by atoms with Crippen LogP contribution >= 0.6 is 0 Å². The van der Waals surface area contributed by atoms with Crippen molar-refractivity contribution in [3.8, 4) is 5.75 Å². The number of carbonyl (C=O) groups excluding carboxylic acids is 1. The molecule has 1 atom stereocenters. The van der Waals surface area contributed by atoms with Gasteiger partial charge in [-0.25, -0.2) is 0 Å². The molecule has 0 aromatic heterocycles. The van der Waals surface area contributed by atoms with Gasteiger partial charge in [0.15, 0.2) is 0 Å². The van der Waals surface area contributed by atoms with Crippen molar-refractivity contribution in [1.82, 2.24) is 5.32 Å². The van der Waals surface area contributed by atoms with E-state index < -0.39 is 0 Å². The molecule has 1 saturated heterocycles. The number of nitrogens with one attached hydrogen (secondary N) is 1.